The summed E-state index contributed by atoms with van der Waals surface area (Å²) < 4.78 is 7.37. The fourth-order valence-corrected chi connectivity index (χ4v) is 3.54. The van der Waals surface area contributed by atoms with Crippen LogP contribution in [-0.4, -0.2) is 46.3 Å². The van der Waals surface area contributed by atoms with Crippen molar-refractivity contribution in [1.82, 2.24) is 14.7 Å². The number of hydrogen-bond acceptors (Lipinski definition) is 4. The lowest BCUT2D eigenvalue weighted by molar-refractivity contribution is 0.0517. The van der Waals surface area contributed by atoms with Crippen LogP contribution in [0.4, 0.5) is 0 Å². The van der Waals surface area contributed by atoms with E-state index in [9.17, 15) is 9.59 Å². The van der Waals surface area contributed by atoms with E-state index in [1.165, 1.54) is 0 Å². The number of carbonyl (C=O) groups is 2. The van der Waals surface area contributed by atoms with Gasteiger partial charge in [0.25, 0.3) is 5.91 Å². The van der Waals surface area contributed by atoms with Crippen LogP contribution in [0.15, 0.2) is 28.7 Å². The summed E-state index contributed by atoms with van der Waals surface area (Å²) in [6, 6.07) is 7.37. The van der Waals surface area contributed by atoms with E-state index >= 15 is 0 Å². The van der Waals surface area contributed by atoms with Gasteiger partial charge in [0, 0.05) is 18.7 Å². The van der Waals surface area contributed by atoms with Crippen molar-refractivity contribution in [3.63, 3.8) is 0 Å². The first-order valence-electron chi connectivity index (χ1n) is 11.0. The van der Waals surface area contributed by atoms with E-state index < -0.39 is 5.97 Å². The van der Waals surface area contributed by atoms with Crippen molar-refractivity contribution in [3.8, 4) is 5.69 Å². The number of esters is 1. The van der Waals surface area contributed by atoms with Gasteiger partial charge >= 0.3 is 5.97 Å². The summed E-state index contributed by atoms with van der Waals surface area (Å²) >= 11 is 3.44. The van der Waals surface area contributed by atoms with E-state index in [0.717, 1.165) is 37.3 Å². The van der Waals surface area contributed by atoms with Crippen LogP contribution in [0.25, 0.3) is 5.69 Å². The fourth-order valence-electron chi connectivity index (χ4n) is 3.14. The Kier molecular flexibility index (Phi) is 9.29. The fraction of sp³-hybridized carbons (Fsp3) is 0.542. The average Bonchev–Trinajstić information content (AvgIpc) is 3.02. The molecule has 1 heterocycles. The van der Waals surface area contributed by atoms with Gasteiger partial charge in [0.2, 0.25) is 0 Å². The Hall–Kier alpha value is -2.15. The molecule has 0 fully saturated rings. The minimum atomic E-state index is -0.464. The molecule has 0 N–H and O–H groups in total. The lowest BCUT2D eigenvalue weighted by Crippen LogP contribution is -2.34. The molecule has 2 rings (SSSR count). The topological polar surface area (TPSA) is 64.4 Å². The summed E-state index contributed by atoms with van der Waals surface area (Å²) in [5.74, 6) is 0.686. The molecular weight excluding hydrogens is 458 g/mol. The highest BCUT2D eigenvalue weighted by Crippen LogP contribution is 2.25. The summed E-state index contributed by atoms with van der Waals surface area (Å²) in [5, 5.41) is 4.41. The number of hydrogen-bond donors (Lipinski definition) is 0. The number of aromatic nitrogens is 2. The number of ether oxygens (including phenoxy) is 1. The average molecular weight is 492 g/mol. The molecule has 0 saturated carbocycles. The SMILES string of the molecule is CCOC(=O)c1nn(-c2ccc(C(=O)N(CCC(C)C)CCC(C)C)cc2)c(C)c1Br. The van der Waals surface area contributed by atoms with Gasteiger partial charge in [-0.15, -0.1) is 0 Å². The first-order chi connectivity index (χ1) is 14.6. The molecule has 0 aliphatic rings. The van der Waals surface area contributed by atoms with Gasteiger partial charge in [0.15, 0.2) is 5.69 Å². The van der Waals surface area contributed by atoms with Gasteiger partial charge in [-0.3, -0.25) is 4.79 Å². The molecule has 0 bridgehead atoms. The molecule has 170 valence electrons. The van der Waals surface area contributed by atoms with E-state index in [-0.39, 0.29) is 18.2 Å². The molecule has 1 amide bonds. The predicted molar refractivity (Wildman–Crippen MR) is 127 cm³/mol. The van der Waals surface area contributed by atoms with Crippen molar-refractivity contribution < 1.29 is 14.3 Å². The van der Waals surface area contributed by atoms with Crippen molar-refractivity contribution in [2.24, 2.45) is 11.8 Å². The largest absolute Gasteiger partial charge is 0.461 e. The van der Waals surface area contributed by atoms with Crippen molar-refractivity contribution in [1.29, 1.82) is 0 Å². The normalized spacial score (nSPS) is 11.3. The lowest BCUT2D eigenvalue weighted by atomic mass is 10.1. The molecule has 31 heavy (non-hydrogen) atoms. The summed E-state index contributed by atoms with van der Waals surface area (Å²) in [4.78, 5) is 27.2. The highest BCUT2D eigenvalue weighted by atomic mass is 79.9. The van der Waals surface area contributed by atoms with Gasteiger partial charge in [-0.1, -0.05) is 27.7 Å². The van der Waals surface area contributed by atoms with E-state index in [2.05, 4.69) is 48.7 Å². The molecule has 6 nitrogen and oxygen atoms in total. The van der Waals surface area contributed by atoms with Crippen LogP contribution in [-0.2, 0) is 4.74 Å². The summed E-state index contributed by atoms with van der Waals surface area (Å²) in [6.45, 7) is 14.2. The summed E-state index contributed by atoms with van der Waals surface area (Å²) in [7, 11) is 0. The molecule has 0 spiro atoms. The Morgan fingerprint density at radius 2 is 1.61 bits per heavy atom. The standard InChI is InChI=1S/C24H34BrN3O3/c1-7-31-24(30)22-21(25)18(6)28(26-22)20-10-8-19(9-11-20)23(29)27(14-12-16(2)3)15-13-17(4)5/h8-11,16-17H,7,12-15H2,1-6H3. The quantitative estimate of drug-likeness (QED) is 0.402. The molecule has 7 heteroatoms. The second-order valence-corrected chi connectivity index (χ2v) is 9.38. The van der Waals surface area contributed by atoms with Crippen LogP contribution in [0.1, 0.15) is 74.0 Å². The van der Waals surface area contributed by atoms with Crippen LogP contribution in [0.5, 0.6) is 0 Å². The third kappa shape index (κ3) is 6.66. The van der Waals surface area contributed by atoms with E-state index in [4.69, 9.17) is 4.74 Å². The molecule has 0 aliphatic heterocycles. The Bertz CT molecular complexity index is 876. The zero-order valence-corrected chi connectivity index (χ0v) is 21.0. The Balaban J connectivity index is 2.24. The molecule has 0 radical (unpaired) electrons. The van der Waals surface area contributed by atoms with E-state index in [1.807, 2.05) is 36.1 Å². The second kappa shape index (κ2) is 11.5. The van der Waals surface area contributed by atoms with Crippen LogP contribution in [0.2, 0.25) is 0 Å². The number of halogens is 1. The van der Waals surface area contributed by atoms with Crippen molar-refractivity contribution in [2.45, 2.75) is 54.4 Å². The maximum absolute atomic E-state index is 13.1. The molecular formula is C24H34BrN3O3. The molecule has 0 atom stereocenters. The monoisotopic (exact) mass is 491 g/mol. The second-order valence-electron chi connectivity index (χ2n) is 8.58. The smallest absolute Gasteiger partial charge is 0.360 e. The zero-order chi connectivity index (χ0) is 23.1. The van der Waals surface area contributed by atoms with Gasteiger partial charge in [0.1, 0.15) is 0 Å². The third-order valence-electron chi connectivity index (χ3n) is 5.11. The number of benzene rings is 1. The van der Waals surface area contributed by atoms with E-state index in [0.29, 0.717) is 21.9 Å². The van der Waals surface area contributed by atoms with E-state index in [1.54, 1.807) is 11.6 Å². The molecule has 2 aromatic rings. The van der Waals surface area contributed by atoms with Crippen LogP contribution in [0.3, 0.4) is 0 Å². The first-order valence-corrected chi connectivity index (χ1v) is 11.8. The maximum Gasteiger partial charge on any atom is 0.360 e. The molecule has 1 aromatic heterocycles. The molecule has 1 aromatic carbocycles. The third-order valence-corrected chi connectivity index (χ3v) is 6.06. The molecule has 0 aliphatic carbocycles. The van der Waals surface area contributed by atoms with Crippen LogP contribution in [0, 0.1) is 18.8 Å². The highest BCUT2D eigenvalue weighted by Gasteiger charge is 2.21. The van der Waals surface area contributed by atoms with Gasteiger partial charge in [-0.25, -0.2) is 9.48 Å². The Morgan fingerprint density at radius 3 is 2.10 bits per heavy atom. The van der Waals surface area contributed by atoms with Gasteiger partial charge < -0.3 is 9.64 Å². The van der Waals surface area contributed by atoms with Gasteiger partial charge in [0.05, 0.1) is 22.5 Å². The molecule has 0 unspecified atom stereocenters. The maximum atomic E-state index is 13.1. The van der Waals surface area contributed by atoms with Crippen molar-refractivity contribution in [2.75, 3.05) is 19.7 Å². The Morgan fingerprint density at radius 1 is 1.06 bits per heavy atom. The van der Waals surface area contributed by atoms with Gasteiger partial charge in [-0.05, 0) is 78.7 Å². The lowest BCUT2D eigenvalue weighted by Gasteiger charge is -2.24. The van der Waals surface area contributed by atoms with Crippen LogP contribution >= 0.6 is 15.9 Å². The molecule has 0 saturated heterocycles. The predicted octanol–water partition coefficient (Wildman–Crippen LogP) is 5.65. The minimum absolute atomic E-state index is 0.0541. The van der Waals surface area contributed by atoms with Crippen molar-refractivity contribution >= 4 is 27.8 Å². The van der Waals surface area contributed by atoms with Crippen molar-refractivity contribution in [3.05, 3.63) is 45.7 Å². The first kappa shape index (κ1) is 25.1. The Labute approximate surface area is 194 Å². The summed E-state index contributed by atoms with van der Waals surface area (Å²) in [5.41, 5.74) is 2.47. The minimum Gasteiger partial charge on any atom is -0.461 e. The summed E-state index contributed by atoms with van der Waals surface area (Å²) in [6.07, 6.45) is 1.97. The number of carbonyl (C=O) groups excluding carboxylic acids is 2. The van der Waals surface area contributed by atoms with Gasteiger partial charge in [-0.2, -0.15) is 5.10 Å². The van der Waals surface area contributed by atoms with Crippen LogP contribution < -0.4 is 0 Å². The highest BCUT2D eigenvalue weighted by molar-refractivity contribution is 9.10. The zero-order valence-electron chi connectivity index (χ0n) is 19.4. The number of rotatable bonds is 10. The number of nitrogens with zero attached hydrogens (tertiary/aromatic N) is 3. The number of amides is 1.